The van der Waals surface area contributed by atoms with E-state index in [0.717, 1.165) is 5.56 Å². The molecule has 7 nitrogen and oxygen atoms in total. The molecule has 0 saturated heterocycles. The molecule has 7 heteroatoms. The van der Waals surface area contributed by atoms with Gasteiger partial charge in [-0.25, -0.2) is 0 Å². The predicted octanol–water partition coefficient (Wildman–Crippen LogP) is -0.460. The van der Waals surface area contributed by atoms with Crippen LogP contribution in [0.4, 0.5) is 5.69 Å². The summed E-state index contributed by atoms with van der Waals surface area (Å²) in [4.78, 5) is 21.5. The van der Waals surface area contributed by atoms with Gasteiger partial charge in [-0.05, 0) is 12.0 Å². The average molecular weight is 252 g/mol. The molecule has 1 amide bonds. The summed E-state index contributed by atoms with van der Waals surface area (Å²) in [5.41, 5.74) is 11.7. The second-order valence-electron chi connectivity index (χ2n) is 3.81. The molecule has 0 bridgehead atoms. The third kappa shape index (κ3) is 4.11. The van der Waals surface area contributed by atoms with Gasteiger partial charge in [-0.15, -0.1) is 0 Å². The van der Waals surface area contributed by atoms with Gasteiger partial charge in [-0.1, -0.05) is 12.1 Å². The monoisotopic (exact) mass is 252 g/mol. The SMILES string of the molecule is NCCNC(=O)[C@@H](N)Cc1ccc([N+](=O)[O-])cc1. The Bertz CT molecular complexity index is 419. The molecule has 1 aromatic carbocycles. The molecular weight excluding hydrogens is 236 g/mol. The number of rotatable bonds is 6. The highest BCUT2D eigenvalue weighted by Gasteiger charge is 2.14. The number of nitrogens with two attached hydrogens (primary N) is 2. The van der Waals surface area contributed by atoms with Gasteiger partial charge in [-0.3, -0.25) is 14.9 Å². The summed E-state index contributed by atoms with van der Waals surface area (Å²) in [7, 11) is 0. The minimum Gasteiger partial charge on any atom is -0.353 e. The van der Waals surface area contributed by atoms with E-state index >= 15 is 0 Å². The van der Waals surface area contributed by atoms with Crippen molar-refractivity contribution in [1.82, 2.24) is 5.32 Å². The Labute approximate surface area is 104 Å². The maximum absolute atomic E-state index is 11.5. The molecule has 0 unspecified atom stereocenters. The van der Waals surface area contributed by atoms with Crippen LogP contribution in [-0.4, -0.2) is 30.0 Å². The highest BCUT2D eigenvalue weighted by molar-refractivity contribution is 5.81. The Morgan fingerprint density at radius 3 is 2.50 bits per heavy atom. The minimum absolute atomic E-state index is 0.0138. The number of nitro benzene ring substituents is 1. The fourth-order valence-electron chi connectivity index (χ4n) is 1.43. The van der Waals surface area contributed by atoms with Crippen LogP contribution in [0.3, 0.4) is 0 Å². The lowest BCUT2D eigenvalue weighted by atomic mass is 10.1. The molecular formula is C11H16N4O3. The topological polar surface area (TPSA) is 124 Å². The second kappa shape index (κ2) is 6.67. The molecule has 0 saturated carbocycles. The van der Waals surface area contributed by atoms with Crippen LogP contribution in [-0.2, 0) is 11.2 Å². The normalized spacial score (nSPS) is 11.9. The molecule has 0 spiro atoms. The smallest absolute Gasteiger partial charge is 0.269 e. The molecule has 1 aromatic rings. The van der Waals surface area contributed by atoms with Crippen molar-refractivity contribution >= 4 is 11.6 Å². The van der Waals surface area contributed by atoms with E-state index in [4.69, 9.17) is 11.5 Å². The summed E-state index contributed by atoms with van der Waals surface area (Å²) in [6.07, 6.45) is 0.328. The molecule has 1 atom stereocenters. The number of hydrogen-bond acceptors (Lipinski definition) is 5. The number of carbonyl (C=O) groups is 1. The summed E-state index contributed by atoms with van der Waals surface area (Å²) in [5.74, 6) is -0.279. The van der Waals surface area contributed by atoms with Crippen molar-refractivity contribution in [2.24, 2.45) is 11.5 Å². The first-order valence-electron chi connectivity index (χ1n) is 5.51. The van der Waals surface area contributed by atoms with Crippen molar-refractivity contribution in [2.45, 2.75) is 12.5 Å². The molecule has 0 aliphatic heterocycles. The van der Waals surface area contributed by atoms with Crippen LogP contribution in [0.15, 0.2) is 24.3 Å². The van der Waals surface area contributed by atoms with Crippen LogP contribution in [0.1, 0.15) is 5.56 Å². The number of nitrogens with one attached hydrogen (secondary N) is 1. The first kappa shape index (κ1) is 14.1. The first-order valence-corrected chi connectivity index (χ1v) is 5.51. The standard InChI is InChI=1S/C11H16N4O3/c12-5-6-14-11(16)10(13)7-8-1-3-9(4-2-8)15(17)18/h1-4,10H,5-7,12-13H2,(H,14,16)/t10-/m0/s1. The van der Waals surface area contributed by atoms with Crippen molar-refractivity contribution in [3.8, 4) is 0 Å². The molecule has 18 heavy (non-hydrogen) atoms. The molecule has 1 rings (SSSR count). The average Bonchev–Trinajstić information content (AvgIpc) is 2.36. The molecule has 0 aliphatic carbocycles. The van der Waals surface area contributed by atoms with Gasteiger partial charge in [0, 0.05) is 25.2 Å². The Balaban J connectivity index is 2.56. The number of nitro groups is 1. The van der Waals surface area contributed by atoms with E-state index < -0.39 is 11.0 Å². The van der Waals surface area contributed by atoms with Gasteiger partial charge in [0.1, 0.15) is 0 Å². The summed E-state index contributed by atoms with van der Waals surface area (Å²) in [6.45, 7) is 0.739. The van der Waals surface area contributed by atoms with Crippen LogP contribution < -0.4 is 16.8 Å². The van der Waals surface area contributed by atoms with Gasteiger partial charge >= 0.3 is 0 Å². The molecule has 0 heterocycles. The highest BCUT2D eigenvalue weighted by atomic mass is 16.6. The van der Waals surface area contributed by atoms with Crippen molar-refractivity contribution in [2.75, 3.05) is 13.1 Å². The van der Waals surface area contributed by atoms with Crippen LogP contribution >= 0.6 is 0 Å². The third-order valence-corrected chi connectivity index (χ3v) is 2.38. The quantitative estimate of drug-likeness (QED) is 0.466. The zero-order valence-corrected chi connectivity index (χ0v) is 9.83. The number of nitrogens with zero attached hydrogens (tertiary/aromatic N) is 1. The fourth-order valence-corrected chi connectivity index (χ4v) is 1.43. The molecule has 0 radical (unpaired) electrons. The first-order chi connectivity index (χ1) is 8.54. The van der Waals surface area contributed by atoms with E-state index in [9.17, 15) is 14.9 Å². The lowest BCUT2D eigenvalue weighted by molar-refractivity contribution is -0.384. The van der Waals surface area contributed by atoms with E-state index in [1.807, 2.05) is 0 Å². The Morgan fingerprint density at radius 2 is 2.00 bits per heavy atom. The summed E-state index contributed by atoms with van der Waals surface area (Å²) in [6, 6.07) is 5.28. The zero-order chi connectivity index (χ0) is 13.5. The summed E-state index contributed by atoms with van der Waals surface area (Å²) < 4.78 is 0. The van der Waals surface area contributed by atoms with Crippen molar-refractivity contribution < 1.29 is 9.72 Å². The van der Waals surface area contributed by atoms with Crippen LogP contribution in [0.2, 0.25) is 0 Å². The molecule has 0 aromatic heterocycles. The van der Waals surface area contributed by atoms with Crippen LogP contribution in [0, 0.1) is 10.1 Å². The van der Waals surface area contributed by atoms with E-state index in [0.29, 0.717) is 19.5 Å². The van der Waals surface area contributed by atoms with Gasteiger partial charge in [0.15, 0.2) is 0 Å². The predicted molar refractivity (Wildman–Crippen MR) is 66.8 cm³/mol. The zero-order valence-electron chi connectivity index (χ0n) is 9.83. The fraction of sp³-hybridized carbons (Fsp3) is 0.364. The van der Waals surface area contributed by atoms with E-state index in [1.165, 1.54) is 12.1 Å². The number of non-ortho nitro benzene ring substituents is 1. The summed E-state index contributed by atoms with van der Waals surface area (Å²) >= 11 is 0. The second-order valence-corrected chi connectivity index (χ2v) is 3.81. The number of hydrogen-bond donors (Lipinski definition) is 3. The maximum Gasteiger partial charge on any atom is 0.269 e. The Hall–Kier alpha value is -1.99. The van der Waals surface area contributed by atoms with Crippen molar-refractivity contribution in [1.29, 1.82) is 0 Å². The summed E-state index contributed by atoms with van der Waals surface area (Å²) in [5, 5.41) is 13.1. The van der Waals surface area contributed by atoms with E-state index in [-0.39, 0.29) is 11.6 Å². The minimum atomic E-state index is -0.682. The van der Waals surface area contributed by atoms with E-state index in [1.54, 1.807) is 12.1 Å². The Morgan fingerprint density at radius 1 is 1.39 bits per heavy atom. The largest absolute Gasteiger partial charge is 0.353 e. The molecule has 98 valence electrons. The van der Waals surface area contributed by atoms with Gasteiger partial charge in [0.2, 0.25) is 5.91 Å². The Kier molecular flexibility index (Phi) is 5.22. The molecule has 0 aliphatic rings. The van der Waals surface area contributed by atoms with Crippen molar-refractivity contribution in [3.63, 3.8) is 0 Å². The molecule has 0 fully saturated rings. The van der Waals surface area contributed by atoms with Gasteiger partial charge in [-0.2, -0.15) is 0 Å². The number of benzene rings is 1. The van der Waals surface area contributed by atoms with Gasteiger partial charge in [0.25, 0.3) is 5.69 Å². The number of carbonyl (C=O) groups excluding carboxylic acids is 1. The van der Waals surface area contributed by atoms with E-state index in [2.05, 4.69) is 5.32 Å². The number of amides is 1. The maximum atomic E-state index is 11.5. The molecule has 5 N–H and O–H groups in total. The van der Waals surface area contributed by atoms with Crippen LogP contribution in [0.5, 0.6) is 0 Å². The van der Waals surface area contributed by atoms with Gasteiger partial charge < -0.3 is 16.8 Å². The van der Waals surface area contributed by atoms with Gasteiger partial charge in [0.05, 0.1) is 11.0 Å². The third-order valence-electron chi connectivity index (χ3n) is 2.38. The van der Waals surface area contributed by atoms with Crippen molar-refractivity contribution in [3.05, 3.63) is 39.9 Å². The lowest BCUT2D eigenvalue weighted by Crippen LogP contribution is -2.43. The van der Waals surface area contributed by atoms with Crippen LogP contribution in [0.25, 0.3) is 0 Å². The highest BCUT2D eigenvalue weighted by Crippen LogP contribution is 2.12. The lowest BCUT2D eigenvalue weighted by Gasteiger charge is -2.11.